The molecular weight excluding hydrogens is 395 g/mol. The molecule has 1 atom stereocenters. The molecule has 28 heavy (non-hydrogen) atoms. The molecule has 1 N–H and O–H groups in total. The summed E-state index contributed by atoms with van der Waals surface area (Å²) < 4.78 is 66.0. The van der Waals surface area contributed by atoms with Gasteiger partial charge in [0.15, 0.2) is 0 Å². The molecule has 1 aliphatic rings. The van der Waals surface area contributed by atoms with Gasteiger partial charge in [-0.1, -0.05) is 30.3 Å². The van der Waals surface area contributed by atoms with Gasteiger partial charge in [0.1, 0.15) is 5.69 Å². The van der Waals surface area contributed by atoms with Crippen LogP contribution in [0.15, 0.2) is 48.5 Å². The van der Waals surface area contributed by atoms with Crippen LogP contribution in [0.1, 0.15) is 23.7 Å². The summed E-state index contributed by atoms with van der Waals surface area (Å²) >= 11 is 0. The number of aromatic nitrogens is 2. The Balaban J connectivity index is 1.80. The normalized spacial score (nSPS) is 17.0. The molecule has 0 amide bonds. The number of alkyl halides is 3. The van der Waals surface area contributed by atoms with E-state index >= 15 is 0 Å². The zero-order valence-electron chi connectivity index (χ0n) is 14.3. The average Bonchev–Trinajstić information content (AvgIpc) is 2.66. The Bertz CT molecular complexity index is 1150. The Morgan fingerprint density at radius 1 is 1.00 bits per heavy atom. The van der Waals surface area contributed by atoms with Crippen LogP contribution in [0.2, 0.25) is 0 Å². The third-order valence-electron chi connectivity index (χ3n) is 4.42. The van der Waals surface area contributed by atoms with Crippen molar-refractivity contribution in [2.24, 2.45) is 0 Å². The number of rotatable bonds is 3. The number of nitrogens with one attached hydrogen (secondary N) is 1. The molecule has 0 bridgehead atoms. The number of halogens is 3. The number of para-hydroxylation sites is 3. The van der Waals surface area contributed by atoms with Gasteiger partial charge in [0.25, 0.3) is 5.88 Å². The van der Waals surface area contributed by atoms with Crippen LogP contribution in [-0.4, -0.2) is 23.9 Å². The summed E-state index contributed by atoms with van der Waals surface area (Å²) in [5.41, 5.74) is -3.04. The lowest BCUT2D eigenvalue weighted by molar-refractivity contribution is -0.0501. The Morgan fingerprint density at radius 2 is 1.64 bits per heavy atom. The van der Waals surface area contributed by atoms with E-state index in [1.165, 1.54) is 6.07 Å². The van der Waals surface area contributed by atoms with Gasteiger partial charge in [-0.15, -0.1) is 0 Å². The monoisotopic (exact) mass is 409 g/mol. The number of hydrogen-bond acceptors (Lipinski definition) is 6. The number of nitrogens with zero attached hydrogens (tertiary/aromatic N) is 2. The number of hydrogen-bond donors (Lipinski definition) is 1. The molecular formula is C18H14F3N3O3S. The molecule has 10 heteroatoms. The fourth-order valence-corrected chi connectivity index (χ4v) is 3.51. The fraction of sp³-hybridized carbons (Fsp3) is 0.222. The van der Waals surface area contributed by atoms with E-state index < -0.39 is 27.5 Å². The molecule has 2 heterocycles. The minimum Gasteiger partial charge on any atom is -0.376 e. The quantitative estimate of drug-likeness (QED) is 0.521. The van der Waals surface area contributed by atoms with Gasteiger partial charge in [0.2, 0.25) is 0 Å². The summed E-state index contributed by atoms with van der Waals surface area (Å²) in [7, 11) is -5.87. The van der Waals surface area contributed by atoms with Gasteiger partial charge in [0.05, 0.1) is 17.1 Å². The first-order valence-electron chi connectivity index (χ1n) is 8.36. The van der Waals surface area contributed by atoms with Crippen molar-refractivity contribution in [2.75, 3.05) is 5.32 Å². The van der Waals surface area contributed by atoms with Gasteiger partial charge in [-0.2, -0.15) is 21.6 Å². The maximum absolute atomic E-state index is 12.8. The number of fused-ring (bicyclic) bond motifs is 2. The topological polar surface area (TPSA) is 81.2 Å². The van der Waals surface area contributed by atoms with E-state index in [-0.39, 0.29) is 11.2 Å². The molecule has 0 saturated heterocycles. The summed E-state index contributed by atoms with van der Waals surface area (Å²) in [5.74, 6) is -0.673. The van der Waals surface area contributed by atoms with E-state index in [1.54, 1.807) is 18.2 Å². The minimum atomic E-state index is -5.87. The van der Waals surface area contributed by atoms with E-state index in [4.69, 9.17) is 0 Å². The lowest BCUT2D eigenvalue weighted by Gasteiger charge is -2.27. The maximum Gasteiger partial charge on any atom is 0.534 e. The molecule has 0 fully saturated rings. The second-order valence-electron chi connectivity index (χ2n) is 6.28. The molecule has 146 valence electrons. The van der Waals surface area contributed by atoms with Crippen LogP contribution in [0, 0.1) is 0 Å². The van der Waals surface area contributed by atoms with E-state index in [9.17, 15) is 21.6 Å². The highest BCUT2D eigenvalue weighted by molar-refractivity contribution is 7.87. The first-order chi connectivity index (χ1) is 13.2. The van der Waals surface area contributed by atoms with Crippen LogP contribution in [0.4, 0.5) is 18.9 Å². The van der Waals surface area contributed by atoms with Crippen molar-refractivity contribution < 1.29 is 25.8 Å². The van der Waals surface area contributed by atoms with Crippen molar-refractivity contribution >= 4 is 26.8 Å². The van der Waals surface area contributed by atoms with Crippen molar-refractivity contribution in [3.8, 4) is 5.88 Å². The van der Waals surface area contributed by atoms with E-state index in [0.717, 1.165) is 11.3 Å². The zero-order valence-corrected chi connectivity index (χ0v) is 15.1. The minimum absolute atomic E-state index is 0.0148. The molecule has 0 spiro atoms. The van der Waals surface area contributed by atoms with Crippen LogP contribution in [0.25, 0.3) is 11.0 Å². The average molecular weight is 409 g/mol. The molecule has 0 saturated carbocycles. The predicted octanol–water partition coefficient (Wildman–Crippen LogP) is 3.96. The zero-order chi connectivity index (χ0) is 19.9. The SMILES string of the molecule is O=S(=O)(Oc1nc2ccccc2nc1C1CCc2ccccc2N1)C(F)(F)F. The summed E-state index contributed by atoms with van der Waals surface area (Å²) in [6.07, 6.45) is 1.14. The standard InChI is InChI=1S/C18H14F3N3O3S/c19-18(20,21)28(25,26)27-17-16(23-13-7-3-4-8-14(13)24-17)15-10-9-11-5-1-2-6-12(11)22-15/h1-8,15,22H,9-10H2. The van der Waals surface area contributed by atoms with Gasteiger partial charge in [-0.05, 0) is 36.6 Å². The van der Waals surface area contributed by atoms with Gasteiger partial charge >= 0.3 is 15.6 Å². The largest absolute Gasteiger partial charge is 0.534 e. The van der Waals surface area contributed by atoms with Crippen LogP contribution < -0.4 is 9.50 Å². The van der Waals surface area contributed by atoms with Crippen molar-refractivity contribution in [3.63, 3.8) is 0 Å². The van der Waals surface area contributed by atoms with Crippen LogP contribution in [0.5, 0.6) is 5.88 Å². The van der Waals surface area contributed by atoms with Crippen molar-refractivity contribution in [1.82, 2.24) is 9.97 Å². The van der Waals surface area contributed by atoms with Crippen LogP contribution in [0.3, 0.4) is 0 Å². The van der Waals surface area contributed by atoms with Gasteiger partial charge in [0, 0.05) is 5.69 Å². The summed E-state index contributed by atoms with van der Waals surface area (Å²) in [6.45, 7) is 0. The van der Waals surface area contributed by atoms with E-state index in [1.807, 2.05) is 24.3 Å². The van der Waals surface area contributed by atoms with Gasteiger partial charge < -0.3 is 9.50 Å². The Kier molecular flexibility index (Phi) is 4.37. The Morgan fingerprint density at radius 3 is 2.36 bits per heavy atom. The molecule has 1 aliphatic heterocycles. The fourth-order valence-electron chi connectivity index (χ4n) is 3.08. The van der Waals surface area contributed by atoms with Gasteiger partial charge in [-0.3, -0.25) is 0 Å². The highest BCUT2D eigenvalue weighted by Gasteiger charge is 2.49. The lowest BCUT2D eigenvalue weighted by atomic mass is 9.96. The molecule has 1 unspecified atom stereocenters. The molecule has 0 radical (unpaired) electrons. The van der Waals surface area contributed by atoms with Crippen LogP contribution in [-0.2, 0) is 16.5 Å². The first-order valence-corrected chi connectivity index (χ1v) is 9.77. The second kappa shape index (κ2) is 6.62. The molecule has 3 aromatic rings. The third kappa shape index (κ3) is 3.35. The lowest BCUT2D eigenvalue weighted by Crippen LogP contribution is -2.29. The third-order valence-corrected chi connectivity index (χ3v) is 5.36. The molecule has 6 nitrogen and oxygen atoms in total. The Labute approximate surface area is 158 Å². The van der Waals surface area contributed by atoms with Crippen LogP contribution >= 0.6 is 0 Å². The number of benzene rings is 2. The van der Waals surface area contributed by atoms with Crippen molar-refractivity contribution in [1.29, 1.82) is 0 Å². The van der Waals surface area contributed by atoms with E-state index in [2.05, 4.69) is 19.5 Å². The van der Waals surface area contributed by atoms with Crippen molar-refractivity contribution in [2.45, 2.75) is 24.4 Å². The molecule has 4 rings (SSSR count). The highest BCUT2D eigenvalue weighted by atomic mass is 32.2. The maximum atomic E-state index is 12.8. The summed E-state index contributed by atoms with van der Waals surface area (Å²) in [4.78, 5) is 8.36. The number of aryl methyl sites for hydroxylation is 1. The highest BCUT2D eigenvalue weighted by Crippen LogP contribution is 2.37. The molecule has 1 aromatic heterocycles. The predicted molar refractivity (Wildman–Crippen MR) is 96.3 cm³/mol. The second-order valence-corrected chi connectivity index (χ2v) is 7.82. The summed E-state index contributed by atoms with van der Waals surface area (Å²) in [5, 5.41) is 3.18. The molecule has 0 aliphatic carbocycles. The smallest absolute Gasteiger partial charge is 0.376 e. The Hall–Kier alpha value is -2.88. The first kappa shape index (κ1) is 18.5. The van der Waals surface area contributed by atoms with Crippen molar-refractivity contribution in [3.05, 3.63) is 59.8 Å². The summed E-state index contributed by atoms with van der Waals surface area (Å²) in [6, 6.07) is 13.4. The number of anilines is 1. The van der Waals surface area contributed by atoms with Gasteiger partial charge in [-0.25, -0.2) is 9.97 Å². The van der Waals surface area contributed by atoms with E-state index in [0.29, 0.717) is 18.4 Å². The molecule has 2 aromatic carbocycles.